The van der Waals surface area contributed by atoms with Crippen LogP contribution in [-0.2, 0) is 4.74 Å². The highest BCUT2D eigenvalue weighted by Gasteiger charge is 2.25. The third kappa shape index (κ3) is 5.94. The van der Waals surface area contributed by atoms with Gasteiger partial charge in [-0.2, -0.15) is 5.10 Å². The fourth-order valence-corrected chi connectivity index (χ4v) is 3.51. The van der Waals surface area contributed by atoms with Crippen LogP contribution in [0.1, 0.15) is 52.9 Å². The lowest BCUT2D eigenvalue weighted by Gasteiger charge is -2.31. The Bertz CT molecular complexity index is 750. The molecule has 1 fully saturated rings. The van der Waals surface area contributed by atoms with Gasteiger partial charge < -0.3 is 15.4 Å². The summed E-state index contributed by atoms with van der Waals surface area (Å²) >= 11 is 0. The molecule has 2 aromatic heterocycles. The summed E-state index contributed by atoms with van der Waals surface area (Å²) in [6, 6.07) is 1.91. The molecule has 1 atom stereocenters. The number of alkyl carbamates (subject to hydrolysis) is 1. The lowest BCUT2D eigenvalue weighted by atomic mass is 9.84. The highest BCUT2D eigenvalue weighted by molar-refractivity contribution is 5.67. The molecule has 0 aromatic carbocycles. The Labute approximate surface area is 166 Å². The molecule has 152 valence electrons. The molecule has 1 aliphatic carbocycles. The fraction of sp³-hybridized carbons (Fsp3) is 0.600. The summed E-state index contributed by atoms with van der Waals surface area (Å²) in [6.07, 6.45) is 12.5. The number of anilines is 1. The van der Waals surface area contributed by atoms with Crippen LogP contribution in [0.25, 0.3) is 5.82 Å². The van der Waals surface area contributed by atoms with Crippen LogP contribution in [0.4, 0.5) is 10.6 Å². The van der Waals surface area contributed by atoms with Gasteiger partial charge in [0, 0.05) is 25.0 Å². The van der Waals surface area contributed by atoms with E-state index < -0.39 is 11.7 Å². The molecule has 1 saturated carbocycles. The summed E-state index contributed by atoms with van der Waals surface area (Å²) in [6.45, 7) is 6.06. The largest absolute Gasteiger partial charge is 0.444 e. The average molecular weight is 387 g/mol. The van der Waals surface area contributed by atoms with Crippen LogP contribution < -0.4 is 10.6 Å². The third-order valence-electron chi connectivity index (χ3n) is 4.78. The summed E-state index contributed by atoms with van der Waals surface area (Å²) in [5.74, 6) is 1.80. The molecule has 2 heterocycles. The number of carbonyl (C=O) groups excluding carboxylic acids is 1. The van der Waals surface area contributed by atoms with Crippen molar-refractivity contribution in [2.45, 2.75) is 64.5 Å². The standard InChI is InChI=1S/C20H30N6O2/c1-20(2,3)28-19(27)22-12-16(15-8-5-4-6-9-15)24-17-13-21-14-18(25-17)26-11-7-10-23-26/h7,10-11,13-16H,4-6,8-9,12H2,1-3H3,(H,22,27)(H,24,25). The molecule has 1 unspecified atom stereocenters. The van der Waals surface area contributed by atoms with E-state index in [1.54, 1.807) is 23.3 Å². The first-order chi connectivity index (χ1) is 13.4. The molecule has 2 N–H and O–H groups in total. The Hall–Kier alpha value is -2.64. The maximum absolute atomic E-state index is 12.1. The van der Waals surface area contributed by atoms with E-state index in [2.05, 4.69) is 25.7 Å². The van der Waals surface area contributed by atoms with Crippen molar-refractivity contribution < 1.29 is 9.53 Å². The quantitative estimate of drug-likeness (QED) is 0.788. The summed E-state index contributed by atoms with van der Waals surface area (Å²) in [4.78, 5) is 21.0. The monoisotopic (exact) mass is 386 g/mol. The van der Waals surface area contributed by atoms with E-state index in [0.717, 1.165) is 12.8 Å². The number of amides is 1. The van der Waals surface area contributed by atoms with Crippen LogP contribution in [0, 0.1) is 5.92 Å². The van der Waals surface area contributed by atoms with Crippen LogP contribution >= 0.6 is 0 Å². The van der Waals surface area contributed by atoms with Crippen molar-refractivity contribution in [2.75, 3.05) is 11.9 Å². The number of hydrogen-bond donors (Lipinski definition) is 2. The van der Waals surface area contributed by atoms with Gasteiger partial charge in [-0.15, -0.1) is 0 Å². The number of rotatable bonds is 6. The lowest BCUT2D eigenvalue weighted by molar-refractivity contribution is 0.0521. The second kappa shape index (κ2) is 9.03. The number of ether oxygens (including phenoxy) is 1. The molecule has 0 radical (unpaired) electrons. The highest BCUT2D eigenvalue weighted by Crippen LogP contribution is 2.28. The average Bonchev–Trinajstić information content (AvgIpc) is 3.19. The Kier molecular flexibility index (Phi) is 6.49. The van der Waals surface area contributed by atoms with E-state index in [4.69, 9.17) is 4.74 Å². The Morgan fingerprint density at radius 2 is 2.07 bits per heavy atom. The van der Waals surface area contributed by atoms with E-state index in [-0.39, 0.29) is 6.04 Å². The van der Waals surface area contributed by atoms with Crippen molar-refractivity contribution in [3.63, 3.8) is 0 Å². The van der Waals surface area contributed by atoms with E-state index in [1.807, 2.05) is 33.0 Å². The first-order valence-electron chi connectivity index (χ1n) is 9.96. The molecule has 0 spiro atoms. The van der Waals surface area contributed by atoms with E-state index in [1.165, 1.54) is 19.3 Å². The second-order valence-corrected chi connectivity index (χ2v) is 8.24. The van der Waals surface area contributed by atoms with Crippen LogP contribution in [-0.4, -0.2) is 44.0 Å². The first kappa shape index (κ1) is 20.1. The van der Waals surface area contributed by atoms with E-state index in [9.17, 15) is 4.79 Å². The van der Waals surface area contributed by atoms with Gasteiger partial charge in [-0.3, -0.25) is 4.98 Å². The van der Waals surface area contributed by atoms with Gasteiger partial charge in [0.15, 0.2) is 5.82 Å². The van der Waals surface area contributed by atoms with Crippen molar-refractivity contribution in [3.8, 4) is 5.82 Å². The van der Waals surface area contributed by atoms with Crippen molar-refractivity contribution in [3.05, 3.63) is 30.9 Å². The predicted octanol–water partition coefficient (Wildman–Crippen LogP) is 3.55. The van der Waals surface area contributed by atoms with Crippen LogP contribution in [0.15, 0.2) is 30.9 Å². The van der Waals surface area contributed by atoms with Gasteiger partial charge in [0.25, 0.3) is 0 Å². The summed E-state index contributed by atoms with van der Waals surface area (Å²) in [5, 5.41) is 10.6. The third-order valence-corrected chi connectivity index (χ3v) is 4.78. The van der Waals surface area contributed by atoms with Crippen molar-refractivity contribution in [1.82, 2.24) is 25.1 Å². The molecule has 0 aliphatic heterocycles. The maximum Gasteiger partial charge on any atom is 0.407 e. The first-order valence-corrected chi connectivity index (χ1v) is 9.96. The zero-order chi connectivity index (χ0) is 20.0. The number of hydrogen-bond acceptors (Lipinski definition) is 6. The molecule has 0 saturated heterocycles. The molecule has 28 heavy (non-hydrogen) atoms. The van der Waals surface area contributed by atoms with Gasteiger partial charge in [-0.25, -0.2) is 14.5 Å². The summed E-state index contributed by atoms with van der Waals surface area (Å²) < 4.78 is 7.05. The number of aromatic nitrogens is 4. The van der Waals surface area contributed by atoms with Gasteiger partial charge >= 0.3 is 6.09 Å². The number of carbonyl (C=O) groups is 1. The van der Waals surface area contributed by atoms with Gasteiger partial charge in [-0.1, -0.05) is 19.3 Å². The normalized spacial score (nSPS) is 16.4. The molecule has 8 nitrogen and oxygen atoms in total. The molecule has 1 aliphatic rings. The van der Waals surface area contributed by atoms with Crippen LogP contribution in [0.2, 0.25) is 0 Å². The zero-order valence-corrected chi connectivity index (χ0v) is 16.9. The van der Waals surface area contributed by atoms with Crippen molar-refractivity contribution in [2.24, 2.45) is 5.92 Å². The minimum Gasteiger partial charge on any atom is -0.444 e. The Morgan fingerprint density at radius 3 is 2.75 bits per heavy atom. The molecular weight excluding hydrogens is 356 g/mol. The minimum atomic E-state index is -0.512. The summed E-state index contributed by atoms with van der Waals surface area (Å²) in [5.41, 5.74) is -0.512. The van der Waals surface area contributed by atoms with E-state index >= 15 is 0 Å². The van der Waals surface area contributed by atoms with Gasteiger partial charge in [0.2, 0.25) is 0 Å². The minimum absolute atomic E-state index is 0.0648. The number of nitrogens with zero attached hydrogens (tertiary/aromatic N) is 4. The second-order valence-electron chi connectivity index (χ2n) is 8.24. The lowest BCUT2D eigenvalue weighted by Crippen LogP contribution is -2.43. The number of nitrogens with one attached hydrogen (secondary N) is 2. The maximum atomic E-state index is 12.1. The Morgan fingerprint density at radius 1 is 1.29 bits per heavy atom. The van der Waals surface area contributed by atoms with Gasteiger partial charge in [-0.05, 0) is 45.6 Å². The molecule has 3 rings (SSSR count). The van der Waals surface area contributed by atoms with Crippen molar-refractivity contribution >= 4 is 11.9 Å². The fourth-order valence-electron chi connectivity index (χ4n) is 3.51. The molecular formula is C20H30N6O2. The predicted molar refractivity (Wildman–Crippen MR) is 107 cm³/mol. The van der Waals surface area contributed by atoms with Crippen molar-refractivity contribution in [1.29, 1.82) is 0 Å². The Balaban J connectivity index is 1.68. The molecule has 2 aromatic rings. The van der Waals surface area contributed by atoms with E-state index in [0.29, 0.717) is 24.1 Å². The molecule has 1 amide bonds. The molecule has 8 heteroatoms. The van der Waals surface area contributed by atoms with Crippen LogP contribution in [0.3, 0.4) is 0 Å². The molecule has 0 bridgehead atoms. The topological polar surface area (TPSA) is 94.0 Å². The smallest absolute Gasteiger partial charge is 0.407 e. The summed E-state index contributed by atoms with van der Waals surface area (Å²) in [7, 11) is 0. The van der Waals surface area contributed by atoms with Gasteiger partial charge in [0.05, 0.1) is 12.4 Å². The van der Waals surface area contributed by atoms with Gasteiger partial charge in [0.1, 0.15) is 11.4 Å². The van der Waals surface area contributed by atoms with Crippen LogP contribution in [0.5, 0.6) is 0 Å². The SMILES string of the molecule is CC(C)(C)OC(=O)NCC(Nc1cncc(-n2cccn2)n1)C1CCCCC1. The highest BCUT2D eigenvalue weighted by atomic mass is 16.6. The zero-order valence-electron chi connectivity index (χ0n) is 16.9.